The molecule has 3 aromatic rings. The molecule has 0 saturated heterocycles. The van der Waals surface area contributed by atoms with Crippen molar-refractivity contribution in [3.63, 3.8) is 0 Å². The van der Waals surface area contributed by atoms with Gasteiger partial charge < -0.3 is 5.73 Å². The monoisotopic (exact) mass is 450 g/mol. The van der Waals surface area contributed by atoms with Crippen molar-refractivity contribution in [3.05, 3.63) is 64.4 Å². The van der Waals surface area contributed by atoms with Gasteiger partial charge in [0.2, 0.25) is 11.0 Å². The quantitative estimate of drug-likeness (QED) is 0.601. The molecule has 5 rings (SSSR count). The van der Waals surface area contributed by atoms with Gasteiger partial charge in [-0.3, -0.25) is 4.79 Å². The highest BCUT2D eigenvalue weighted by Gasteiger charge is 2.81. The molecule has 2 aromatic heterocycles. The van der Waals surface area contributed by atoms with E-state index < -0.39 is 40.9 Å². The molecule has 2 aliphatic rings. The van der Waals surface area contributed by atoms with Gasteiger partial charge in [-0.05, 0) is 18.1 Å². The number of hydrogen-bond acceptors (Lipinski definition) is 4. The minimum atomic E-state index is -3.24. The number of thiazole rings is 1. The van der Waals surface area contributed by atoms with Crippen molar-refractivity contribution in [2.24, 2.45) is 11.1 Å². The van der Waals surface area contributed by atoms with Gasteiger partial charge in [-0.2, -0.15) is 13.9 Å². The van der Waals surface area contributed by atoms with Crippen molar-refractivity contribution in [3.8, 4) is 5.13 Å². The summed E-state index contributed by atoms with van der Waals surface area (Å²) in [5, 5.41) is 6.18. The molecule has 5 nitrogen and oxygen atoms in total. The molecule has 0 aliphatic heterocycles. The number of benzene rings is 1. The lowest BCUT2D eigenvalue weighted by atomic mass is 9.77. The molecular formula is C21H18F4N4OS. The molecule has 0 radical (unpaired) electrons. The second kappa shape index (κ2) is 5.93. The number of nitrogens with zero attached hydrogens (tertiary/aromatic N) is 3. The van der Waals surface area contributed by atoms with E-state index in [4.69, 9.17) is 5.73 Å². The van der Waals surface area contributed by atoms with Gasteiger partial charge in [0.1, 0.15) is 11.1 Å². The summed E-state index contributed by atoms with van der Waals surface area (Å²) in [5.74, 6) is -8.77. The van der Waals surface area contributed by atoms with Crippen LogP contribution in [0.3, 0.4) is 0 Å². The predicted molar refractivity (Wildman–Crippen MR) is 106 cm³/mol. The van der Waals surface area contributed by atoms with Crippen LogP contribution in [0.25, 0.3) is 5.13 Å². The first kappa shape index (κ1) is 20.2. The number of nitrogens with two attached hydrogens (primary N) is 1. The highest BCUT2D eigenvalue weighted by Crippen LogP contribution is 2.71. The summed E-state index contributed by atoms with van der Waals surface area (Å²) >= 11 is 1.20. The summed E-state index contributed by atoms with van der Waals surface area (Å²) in [6.45, 7) is 2.83. The molecule has 3 atom stereocenters. The fraction of sp³-hybridized carbons (Fsp3) is 0.381. The van der Waals surface area contributed by atoms with Gasteiger partial charge >= 0.3 is 0 Å². The summed E-state index contributed by atoms with van der Waals surface area (Å²) in [6.07, 6.45) is 2.47. The third-order valence-electron chi connectivity index (χ3n) is 6.83. The van der Waals surface area contributed by atoms with E-state index in [1.807, 2.05) is 0 Å². The average molecular weight is 450 g/mol. The fourth-order valence-corrected chi connectivity index (χ4v) is 5.48. The third-order valence-corrected chi connectivity index (χ3v) is 7.58. The molecule has 10 heteroatoms. The zero-order chi connectivity index (χ0) is 22.4. The molecule has 2 aliphatic carbocycles. The van der Waals surface area contributed by atoms with Crippen molar-refractivity contribution in [2.75, 3.05) is 0 Å². The molecular weight excluding hydrogens is 432 g/mol. The van der Waals surface area contributed by atoms with Crippen molar-refractivity contribution < 1.29 is 22.4 Å². The van der Waals surface area contributed by atoms with Crippen LogP contribution in [-0.2, 0) is 16.1 Å². The first-order valence-electron chi connectivity index (χ1n) is 9.59. The van der Waals surface area contributed by atoms with Gasteiger partial charge in [-0.15, -0.1) is 11.3 Å². The molecule has 0 spiro atoms. The largest absolute Gasteiger partial charge is 0.369 e. The van der Waals surface area contributed by atoms with Crippen LogP contribution in [0.1, 0.15) is 48.6 Å². The lowest BCUT2D eigenvalue weighted by Gasteiger charge is -2.25. The summed E-state index contributed by atoms with van der Waals surface area (Å²) < 4.78 is 59.9. The van der Waals surface area contributed by atoms with Gasteiger partial charge in [-0.25, -0.2) is 18.4 Å². The standard InChI is InChI=1S/C21H18F4N4OS/c1-18(10-20(22,23)15-13(18)9-28-29(15)17-27-7-8-31-17)12-5-3-11(4-6-12)14-19(2,16(26)30)21(14,24)25/h3-9,14H,10H2,1-2H3,(H2,26,30)/t14-,18?,19+/m1/s1. The number of fused-ring (bicyclic) bond motifs is 1. The van der Waals surface area contributed by atoms with E-state index in [9.17, 15) is 13.6 Å². The number of alkyl halides is 4. The second-order valence-corrected chi connectivity index (χ2v) is 9.46. The predicted octanol–water partition coefficient (Wildman–Crippen LogP) is 4.35. The molecule has 0 bridgehead atoms. The minimum absolute atomic E-state index is 0.205. The summed E-state index contributed by atoms with van der Waals surface area (Å²) in [6, 6.07) is 6.07. The zero-order valence-corrected chi connectivity index (χ0v) is 17.4. The third kappa shape index (κ3) is 2.45. The van der Waals surface area contributed by atoms with Crippen LogP contribution in [0.2, 0.25) is 0 Å². The number of rotatable bonds is 4. The fourth-order valence-electron chi connectivity index (χ4n) is 4.87. The Labute approximate surface area is 178 Å². The molecule has 1 amide bonds. The van der Waals surface area contributed by atoms with Gasteiger partial charge in [0.15, 0.2) is 0 Å². The van der Waals surface area contributed by atoms with Crippen molar-refractivity contribution in [2.45, 2.75) is 43.4 Å². The lowest BCUT2D eigenvalue weighted by Crippen LogP contribution is -2.27. The molecule has 162 valence electrons. The number of carbonyl (C=O) groups is 1. The first-order valence-corrected chi connectivity index (χ1v) is 10.5. The van der Waals surface area contributed by atoms with Crippen molar-refractivity contribution >= 4 is 17.2 Å². The average Bonchev–Trinajstić information content (AvgIpc) is 3.23. The highest BCUT2D eigenvalue weighted by atomic mass is 32.1. The van der Waals surface area contributed by atoms with E-state index in [1.165, 1.54) is 40.5 Å². The van der Waals surface area contributed by atoms with E-state index >= 15 is 8.78 Å². The maximum absolute atomic E-state index is 15.1. The highest BCUT2D eigenvalue weighted by molar-refractivity contribution is 7.12. The molecule has 2 N–H and O–H groups in total. The Morgan fingerprint density at radius 3 is 2.42 bits per heavy atom. The second-order valence-electron chi connectivity index (χ2n) is 8.59. The minimum Gasteiger partial charge on any atom is -0.369 e. The Morgan fingerprint density at radius 2 is 1.87 bits per heavy atom. The summed E-state index contributed by atoms with van der Waals surface area (Å²) in [5.41, 5.74) is 3.16. The number of hydrogen-bond donors (Lipinski definition) is 1. The number of amides is 1. The zero-order valence-electron chi connectivity index (χ0n) is 16.6. The topological polar surface area (TPSA) is 73.8 Å². The molecule has 1 saturated carbocycles. The van der Waals surface area contributed by atoms with E-state index in [2.05, 4.69) is 10.1 Å². The SMILES string of the molecule is CC1(c2ccc([C@H]3C(F)(F)[C@]3(C)C(N)=O)cc2)CC(F)(F)c2c1cnn2-c1nccs1. The lowest BCUT2D eigenvalue weighted by molar-refractivity contribution is -0.125. The molecule has 31 heavy (non-hydrogen) atoms. The Bertz CT molecular complexity index is 1190. The summed E-state index contributed by atoms with van der Waals surface area (Å²) in [7, 11) is 0. The van der Waals surface area contributed by atoms with E-state index in [0.717, 1.165) is 6.92 Å². The Morgan fingerprint density at radius 1 is 1.19 bits per heavy atom. The van der Waals surface area contributed by atoms with Gasteiger partial charge in [0.25, 0.3) is 11.8 Å². The van der Waals surface area contributed by atoms with Crippen LogP contribution in [0.5, 0.6) is 0 Å². The van der Waals surface area contributed by atoms with Gasteiger partial charge in [-0.1, -0.05) is 31.2 Å². The first-order chi connectivity index (χ1) is 14.4. The van der Waals surface area contributed by atoms with Crippen LogP contribution in [0, 0.1) is 5.41 Å². The van der Waals surface area contributed by atoms with Crippen LogP contribution in [0.4, 0.5) is 17.6 Å². The number of carbonyl (C=O) groups excluding carboxylic acids is 1. The number of halogens is 4. The van der Waals surface area contributed by atoms with Crippen LogP contribution in [0.15, 0.2) is 42.0 Å². The van der Waals surface area contributed by atoms with Crippen LogP contribution >= 0.6 is 11.3 Å². The van der Waals surface area contributed by atoms with Crippen molar-refractivity contribution in [1.82, 2.24) is 14.8 Å². The Kier molecular flexibility index (Phi) is 3.86. The number of aromatic nitrogens is 3. The Balaban J connectivity index is 1.54. The van der Waals surface area contributed by atoms with Crippen molar-refractivity contribution in [1.29, 1.82) is 0 Å². The van der Waals surface area contributed by atoms with E-state index in [0.29, 0.717) is 16.3 Å². The molecule has 2 heterocycles. The molecule has 1 fully saturated rings. The maximum Gasteiger partial charge on any atom is 0.291 e. The smallest absolute Gasteiger partial charge is 0.291 e. The van der Waals surface area contributed by atoms with E-state index in [1.54, 1.807) is 24.4 Å². The van der Waals surface area contributed by atoms with Crippen LogP contribution < -0.4 is 5.73 Å². The molecule has 1 aromatic carbocycles. The normalized spacial score (nSPS) is 30.2. The molecule has 1 unspecified atom stereocenters. The van der Waals surface area contributed by atoms with Crippen LogP contribution in [-0.4, -0.2) is 26.6 Å². The summed E-state index contributed by atoms with van der Waals surface area (Å²) in [4.78, 5) is 15.6. The maximum atomic E-state index is 15.1. The number of primary amides is 1. The van der Waals surface area contributed by atoms with Gasteiger partial charge in [0.05, 0.1) is 12.1 Å². The van der Waals surface area contributed by atoms with E-state index in [-0.39, 0.29) is 11.3 Å². The Hall–Kier alpha value is -2.75. The van der Waals surface area contributed by atoms with Gasteiger partial charge in [0, 0.05) is 29.0 Å².